The molecule has 0 bridgehead atoms. The maximum absolute atomic E-state index is 12.7. The monoisotopic (exact) mass is 572 g/mol. The molecular weight excluding hydrogens is 536 g/mol. The Balaban J connectivity index is 1.53. The molecule has 0 saturated carbocycles. The van der Waals surface area contributed by atoms with Crippen molar-refractivity contribution >= 4 is 41.8 Å². The van der Waals surface area contributed by atoms with Crippen LogP contribution in [0.2, 0.25) is 5.02 Å². The van der Waals surface area contributed by atoms with E-state index >= 15 is 0 Å². The maximum Gasteiger partial charge on any atom is 0.225 e. The minimum Gasteiger partial charge on any atom is -0.497 e. The number of aliphatic imine (C=N–C) groups is 2. The SMILES string of the molecule is C=CC/C(OC)=C(\C=C(/C)N=CN=COc1ccc(NC(C)=O)c(Cl)c1)OCCC(=O)N1CCC2(CC1)COC2. The van der Waals surface area contributed by atoms with Crippen molar-refractivity contribution in [1.29, 1.82) is 0 Å². The van der Waals surface area contributed by atoms with Gasteiger partial charge in [0.15, 0.2) is 12.2 Å². The van der Waals surface area contributed by atoms with Gasteiger partial charge in [-0.1, -0.05) is 17.7 Å². The van der Waals surface area contributed by atoms with E-state index < -0.39 is 0 Å². The van der Waals surface area contributed by atoms with Gasteiger partial charge in [-0.05, 0) is 31.9 Å². The Morgan fingerprint density at radius 3 is 2.60 bits per heavy atom. The third kappa shape index (κ3) is 9.24. The first-order valence-corrected chi connectivity index (χ1v) is 13.5. The van der Waals surface area contributed by atoms with Crippen LogP contribution in [0.3, 0.4) is 0 Å². The molecule has 2 heterocycles. The summed E-state index contributed by atoms with van der Waals surface area (Å²) in [6, 6.07) is 4.86. The predicted octanol–water partition coefficient (Wildman–Crippen LogP) is 5.12. The highest BCUT2D eigenvalue weighted by molar-refractivity contribution is 6.33. The fourth-order valence-corrected chi connectivity index (χ4v) is 4.48. The molecule has 2 fully saturated rings. The second-order valence-corrected chi connectivity index (χ2v) is 10.1. The van der Waals surface area contributed by atoms with E-state index in [1.54, 1.807) is 44.4 Å². The molecule has 216 valence electrons. The Bertz CT molecular complexity index is 1180. The molecule has 3 rings (SSSR count). The summed E-state index contributed by atoms with van der Waals surface area (Å²) in [5.41, 5.74) is 1.38. The number of hydrogen-bond donors (Lipinski definition) is 1. The molecule has 2 aliphatic heterocycles. The summed E-state index contributed by atoms with van der Waals surface area (Å²) < 4.78 is 22.3. The first-order chi connectivity index (χ1) is 19.2. The van der Waals surface area contributed by atoms with E-state index in [9.17, 15) is 9.59 Å². The quantitative estimate of drug-likeness (QED) is 0.115. The third-order valence-electron chi connectivity index (χ3n) is 6.59. The van der Waals surface area contributed by atoms with Crippen molar-refractivity contribution in [2.45, 2.75) is 39.5 Å². The number of methoxy groups -OCH3 is 1. The number of nitrogens with one attached hydrogen (secondary N) is 1. The number of amides is 2. The first kappa shape index (κ1) is 30.9. The van der Waals surface area contributed by atoms with Gasteiger partial charge in [-0.2, -0.15) is 0 Å². The number of ether oxygens (including phenoxy) is 4. The highest BCUT2D eigenvalue weighted by atomic mass is 35.5. The van der Waals surface area contributed by atoms with E-state index in [0.717, 1.165) is 39.1 Å². The summed E-state index contributed by atoms with van der Waals surface area (Å²) in [6.07, 6.45) is 8.69. The number of nitrogens with zero attached hydrogens (tertiary/aromatic N) is 3. The summed E-state index contributed by atoms with van der Waals surface area (Å²) in [4.78, 5) is 34.1. The first-order valence-electron chi connectivity index (χ1n) is 13.1. The van der Waals surface area contributed by atoms with Gasteiger partial charge in [-0.25, -0.2) is 9.98 Å². The van der Waals surface area contributed by atoms with Gasteiger partial charge in [0.25, 0.3) is 0 Å². The van der Waals surface area contributed by atoms with Gasteiger partial charge < -0.3 is 29.2 Å². The minimum atomic E-state index is -0.217. The minimum absolute atomic E-state index is 0.0798. The molecule has 2 amide bonds. The zero-order valence-corrected chi connectivity index (χ0v) is 24.0. The van der Waals surface area contributed by atoms with Gasteiger partial charge in [0.05, 0.1) is 44.1 Å². The normalized spacial score (nSPS) is 17.4. The molecule has 1 aromatic carbocycles. The number of rotatable bonds is 13. The maximum atomic E-state index is 12.7. The lowest BCUT2D eigenvalue weighted by molar-refractivity contribution is -0.153. The van der Waals surface area contributed by atoms with Gasteiger partial charge in [-0.15, -0.1) is 6.58 Å². The van der Waals surface area contributed by atoms with Crippen LogP contribution in [0.4, 0.5) is 5.69 Å². The Labute approximate surface area is 240 Å². The fraction of sp³-hybridized carbons (Fsp3) is 0.448. The smallest absolute Gasteiger partial charge is 0.225 e. The molecule has 0 aromatic heterocycles. The summed E-state index contributed by atoms with van der Waals surface area (Å²) in [5, 5.41) is 2.97. The van der Waals surface area contributed by atoms with Crippen LogP contribution < -0.4 is 10.1 Å². The van der Waals surface area contributed by atoms with E-state index in [0.29, 0.717) is 40.1 Å². The van der Waals surface area contributed by atoms with Crippen molar-refractivity contribution in [2.24, 2.45) is 15.4 Å². The Morgan fingerprint density at radius 2 is 2.00 bits per heavy atom. The zero-order chi connectivity index (χ0) is 29.0. The molecule has 2 aliphatic rings. The molecule has 2 saturated heterocycles. The van der Waals surface area contributed by atoms with E-state index in [-0.39, 0.29) is 30.3 Å². The fourth-order valence-electron chi connectivity index (χ4n) is 4.26. The molecule has 11 heteroatoms. The highest BCUT2D eigenvalue weighted by Crippen LogP contribution is 2.38. The van der Waals surface area contributed by atoms with Crippen molar-refractivity contribution < 1.29 is 28.5 Å². The molecule has 0 unspecified atom stereocenters. The van der Waals surface area contributed by atoms with Crippen LogP contribution in [0.5, 0.6) is 5.75 Å². The van der Waals surface area contributed by atoms with Crippen molar-refractivity contribution in [3.63, 3.8) is 0 Å². The van der Waals surface area contributed by atoms with Crippen LogP contribution in [-0.4, -0.2) is 69.5 Å². The standard InChI is InChI=1S/C29H37ClN4O6/c1-5-6-26(37-4)27(39-14-9-28(36)34-12-10-29(11-13-34)17-38-18-29)15-21(2)32-19-31-20-40-23-7-8-25(24(30)16-23)33-22(3)35/h5,7-8,15-16,19-20H,1,6,9-14,17-18H2,2-4H3,(H,33,35)/b21-15+,27-26-,31-20?,32-19?. The van der Waals surface area contributed by atoms with E-state index in [1.165, 1.54) is 19.7 Å². The number of allylic oxidation sites excluding steroid dienone is 3. The molecule has 40 heavy (non-hydrogen) atoms. The lowest BCUT2D eigenvalue weighted by Crippen LogP contribution is -2.52. The molecule has 1 spiro atoms. The number of halogens is 1. The Morgan fingerprint density at radius 1 is 1.25 bits per heavy atom. The van der Waals surface area contributed by atoms with Crippen molar-refractivity contribution in [3.8, 4) is 5.75 Å². The van der Waals surface area contributed by atoms with E-state index in [1.807, 2.05) is 4.90 Å². The molecule has 0 atom stereocenters. The lowest BCUT2D eigenvalue weighted by Gasteiger charge is -2.47. The van der Waals surface area contributed by atoms with Crippen LogP contribution in [0, 0.1) is 5.41 Å². The van der Waals surface area contributed by atoms with Crippen LogP contribution in [0.1, 0.15) is 39.5 Å². The number of anilines is 1. The number of piperidine rings is 1. The van der Waals surface area contributed by atoms with Crippen molar-refractivity contribution in [2.75, 3.05) is 45.3 Å². The van der Waals surface area contributed by atoms with Crippen LogP contribution in [0.15, 0.2) is 64.1 Å². The number of likely N-dealkylation sites (tertiary alicyclic amines) is 1. The highest BCUT2D eigenvalue weighted by Gasteiger charge is 2.41. The second kappa shape index (κ2) is 15.2. The molecule has 0 radical (unpaired) electrons. The topological polar surface area (TPSA) is 111 Å². The molecule has 1 N–H and O–H groups in total. The largest absolute Gasteiger partial charge is 0.497 e. The lowest BCUT2D eigenvalue weighted by atomic mass is 9.77. The molecule has 1 aromatic rings. The van der Waals surface area contributed by atoms with Gasteiger partial charge in [-0.3, -0.25) is 9.59 Å². The molecule has 10 nitrogen and oxygen atoms in total. The van der Waals surface area contributed by atoms with Gasteiger partial charge in [0.1, 0.15) is 17.8 Å². The number of benzene rings is 1. The van der Waals surface area contributed by atoms with Crippen LogP contribution >= 0.6 is 11.6 Å². The summed E-state index contributed by atoms with van der Waals surface area (Å²) in [7, 11) is 1.56. The van der Waals surface area contributed by atoms with Crippen molar-refractivity contribution in [1.82, 2.24) is 4.90 Å². The Hall–Kier alpha value is -3.63. The molecule has 0 aliphatic carbocycles. The number of carbonyl (C=O) groups is 2. The average molecular weight is 573 g/mol. The van der Waals surface area contributed by atoms with Gasteiger partial charge in [0, 0.05) is 49.7 Å². The van der Waals surface area contributed by atoms with Gasteiger partial charge >= 0.3 is 0 Å². The Kier molecular flexibility index (Phi) is 11.8. The van der Waals surface area contributed by atoms with E-state index in [4.69, 9.17) is 30.5 Å². The van der Waals surface area contributed by atoms with Crippen LogP contribution in [-0.2, 0) is 23.8 Å². The zero-order valence-electron chi connectivity index (χ0n) is 23.3. The predicted molar refractivity (Wildman–Crippen MR) is 156 cm³/mol. The van der Waals surface area contributed by atoms with Crippen molar-refractivity contribution in [3.05, 3.63) is 59.2 Å². The summed E-state index contributed by atoms with van der Waals surface area (Å²) in [6.45, 7) is 10.3. The second-order valence-electron chi connectivity index (χ2n) is 9.68. The summed E-state index contributed by atoms with van der Waals surface area (Å²) >= 11 is 6.14. The number of carbonyl (C=O) groups excluding carboxylic acids is 2. The third-order valence-corrected chi connectivity index (χ3v) is 6.90. The van der Waals surface area contributed by atoms with Crippen LogP contribution in [0.25, 0.3) is 0 Å². The van der Waals surface area contributed by atoms with Gasteiger partial charge in [0.2, 0.25) is 11.8 Å². The average Bonchev–Trinajstić information content (AvgIpc) is 2.91. The number of hydrogen-bond acceptors (Lipinski definition) is 7. The summed E-state index contributed by atoms with van der Waals surface area (Å²) in [5.74, 6) is 1.37. The molecular formula is C29H37ClN4O6. The van der Waals surface area contributed by atoms with E-state index in [2.05, 4.69) is 21.9 Å².